The van der Waals surface area contributed by atoms with E-state index in [2.05, 4.69) is 33.5 Å². The third-order valence-corrected chi connectivity index (χ3v) is 3.47. The Bertz CT molecular complexity index is 562. The number of rotatable bonds is 3. The molecule has 3 rings (SSSR count). The minimum absolute atomic E-state index is 0. The van der Waals surface area contributed by atoms with Crippen molar-refractivity contribution < 1.29 is 4.74 Å². The fourth-order valence-corrected chi connectivity index (χ4v) is 2.51. The van der Waals surface area contributed by atoms with Crippen molar-refractivity contribution in [3.8, 4) is 11.1 Å². The lowest BCUT2D eigenvalue weighted by molar-refractivity contribution is 0.0439. The first-order valence-electron chi connectivity index (χ1n) is 6.53. The van der Waals surface area contributed by atoms with Gasteiger partial charge in [0.2, 0.25) is 0 Å². The summed E-state index contributed by atoms with van der Waals surface area (Å²) >= 11 is 0. The van der Waals surface area contributed by atoms with Crippen molar-refractivity contribution in [2.75, 3.05) is 20.2 Å². The Hall–Kier alpha value is -1.49. The van der Waals surface area contributed by atoms with Crippen LogP contribution in [0.5, 0.6) is 0 Å². The molecule has 106 valence electrons. The number of ether oxygens (including phenoxy) is 1. The van der Waals surface area contributed by atoms with Crippen molar-refractivity contribution in [3.05, 3.63) is 48.0 Å². The topological polar surface area (TPSA) is 47.0 Å². The quantitative estimate of drug-likeness (QED) is 0.943. The molecule has 0 fully saturated rings. The summed E-state index contributed by atoms with van der Waals surface area (Å²) in [5.41, 5.74) is 4.85. The van der Waals surface area contributed by atoms with Crippen molar-refractivity contribution in [2.45, 2.75) is 12.5 Å². The van der Waals surface area contributed by atoms with Crippen molar-refractivity contribution >= 4 is 12.4 Å². The zero-order chi connectivity index (χ0) is 13.1. The molecule has 1 aromatic heterocycles. The van der Waals surface area contributed by atoms with Crippen LogP contribution in [-0.2, 0) is 11.2 Å². The van der Waals surface area contributed by atoms with Gasteiger partial charge in [-0.05, 0) is 36.2 Å². The SMILES string of the molecule is CNCC1OCCc2ccc(-c3cncnc3)cc21.Cl. The van der Waals surface area contributed by atoms with Gasteiger partial charge in [0.05, 0.1) is 12.7 Å². The maximum Gasteiger partial charge on any atom is 0.115 e. The summed E-state index contributed by atoms with van der Waals surface area (Å²) in [5.74, 6) is 0. The van der Waals surface area contributed by atoms with Gasteiger partial charge in [-0.2, -0.15) is 0 Å². The van der Waals surface area contributed by atoms with Crippen LogP contribution in [0.25, 0.3) is 11.1 Å². The van der Waals surface area contributed by atoms with Gasteiger partial charge >= 0.3 is 0 Å². The molecule has 0 aliphatic carbocycles. The first-order chi connectivity index (χ1) is 9.38. The molecule has 0 bridgehead atoms. The van der Waals surface area contributed by atoms with Crippen LogP contribution in [0.15, 0.2) is 36.9 Å². The largest absolute Gasteiger partial charge is 0.372 e. The van der Waals surface area contributed by atoms with Crippen molar-refractivity contribution in [1.82, 2.24) is 15.3 Å². The molecule has 1 aliphatic rings. The van der Waals surface area contributed by atoms with E-state index in [9.17, 15) is 0 Å². The second-order valence-corrected chi connectivity index (χ2v) is 4.71. The van der Waals surface area contributed by atoms with Gasteiger partial charge in [0.1, 0.15) is 6.33 Å². The van der Waals surface area contributed by atoms with Crippen molar-refractivity contribution in [2.24, 2.45) is 0 Å². The molecule has 2 heterocycles. The first-order valence-corrected chi connectivity index (χ1v) is 6.53. The van der Waals surface area contributed by atoms with Crippen LogP contribution >= 0.6 is 12.4 Å². The molecule has 1 unspecified atom stereocenters. The predicted octanol–water partition coefficient (Wildman–Crippen LogP) is 2.40. The zero-order valence-electron chi connectivity index (χ0n) is 11.4. The van der Waals surface area contributed by atoms with Crippen molar-refractivity contribution in [1.29, 1.82) is 0 Å². The molecule has 5 heteroatoms. The summed E-state index contributed by atoms with van der Waals surface area (Å²) in [6, 6.07) is 6.54. The average molecular weight is 292 g/mol. The van der Waals surface area contributed by atoms with Crippen molar-refractivity contribution in [3.63, 3.8) is 0 Å². The van der Waals surface area contributed by atoms with E-state index >= 15 is 0 Å². The van der Waals surface area contributed by atoms with E-state index in [-0.39, 0.29) is 18.5 Å². The Balaban J connectivity index is 0.00000147. The van der Waals surface area contributed by atoms with E-state index in [1.807, 2.05) is 19.4 Å². The van der Waals surface area contributed by atoms with Crippen LogP contribution in [0.2, 0.25) is 0 Å². The smallest absolute Gasteiger partial charge is 0.115 e. The van der Waals surface area contributed by atoms with Gasteiger partial charge in [0, 0.05) is 24.5 Å². The summed E-state index contributed by atoms with van der Waals surface area (Å²) < 4.78 is 5.84. The third kappa shape index (κ3) is 2.98. The number of hydrogen-bond acceptors (Lipinski definition) is 4. The molecule has 0 spiro atoms. The predicted molar refractivity (Wildman–Crippen MR) is 81.0 cm³/mol. The lowest BCUT2D eigenvalue weighted by Crippen LogP contribution is -2.25. The number of hydrogen-bond donors (Lipinski definition) is 1. The van der Waals surface area contributed by atoms with Crippen LogP contribution in [0.4, 0.5) is 0 Å². The minimum atomic E-state index is 0. The van der Waals surface area contributed by atoms with Gasteiger partial charge in [-0.1, -0.05) is 12.1 Å². The highest BCUT2D eigenvalue weighted by Crippen LogP contribution is 2.30. The molecule has 1 aliphatic heterocycles. The molecule has 1 N–H and O–H groups in total. The third-order valence-electron chi connectivity index (χ3n) is 3.47. The van der Waals surface area contributed by atoms with Crippen LogP contribution in [0.3, 0.4) is 0 Å². The van der Waals surface area contributed by atoms with Crippen LogP contribution in [-0.4, -0.2) is 30.2 Å². The number of fused-ring (bicyclic) bond motifs is 1. The van der Waals surface area contributed by atoms with Gasteiger partial charge in [-0.3, -0.25) is 0 Å². The summed E-state index contributed by atoms with van der Waals surface area (Å²) in [5, 5.41) is 3.19. The van der Waals surface area contributed by atoms with Gasteiger partial charge in [0.25, 0.3) is 0 Å². The Morgan fingerprint density at radius 1 is 1.25 bits per heavy atom. The normalized spacial score (nSPS) is 17.1. The molecule has 20 heavy (non-hydrogen) atoms. The van der Waals surface area contributed by atoms with E-state index in [0.717, 1.165) is 30.7 Å². The molecule has 4 nitrogen and oxygen atoms in total. The summed E-state index contributed by atoms with van der Waals surface area (Å²) in [6.45, 7) is 1.63. The highest BCUT2D eigenvalue weighted by Gasteiger charge is 2.20. The van der Waals surface area contributed by atoms with Gasteiger partial charge in [-0.15, -0.1) is 12.4 Å². The Morgan fingerprint density at radius 2 is 2.05 bits per heavy atom. The number of nitrogens with zero attached hydrogens (tertiary/aromatic N) is 2. The summed E-state index contributed by atoms with van der Waals surface area (Å²) in [7, 11) is 1.95. The average Bonchev–Trinajstić information content (AvgIpc) is 2.48. The van der Waals surface area contributed by atoms with Gasteiger partial charge < -0.3 is 10.1 Å². The van der Waals surface area contributed by atoms with E-state index in [1.54, 1.807) is 6.33 Å². The Labute approximate surface area is 125 Å². The standard InChI is InChI=1S/C15H17N3O.ClH/c1-16-9-15-14-6-12(13-7-17-10-18-8-13)3-2-11(14)4-5-19-15;/h2-3,6-8,10,15-16H,4-5,9H2,1H3;1H. The minimum Gasteiger partial charge on any atom is -0.372 e. The van der Waals surface area contributed by atoms with E-state index < -0.39 is 0 Å². The van der Waals surface area contributed by atoms with E-state index in [4.69, 9.17) is 4.74 Å². The van der Waals surface area contributed by atoms with Gasteiger partial charge in [0.15, 0.2) is 0 Å². The highest BCUT2D eigenvalue weighted by atomic mass is 35.5. The summed E-state index contributed by atoms with van der Waals surface area (Å²) in [4.78, 5) is 8.15. The fraction of sp³-hybridized carbons (Fsp3) is 0.333. The molecule has 0 saturated heterocycles. The van der Waals surface area contributed by atoms with E-state index in [1.165, 1.54) is 11.1 Å². The lowest BCUT2D eigenvalue weighted by atomic mass is 9.93. The molecule has 0 radical (unpaired) electrons. The molecular weight excluding hydrogens is 274 g/mol. The van der Waals surface area contributed by atoms with Crippen LogP contribution < -0.4 is 5.32 Å². The molecule has 0 amide bonds. The Kier molecular flexibility index (Phi) is 5.06. The second kappa shape index (κ2) is 6.79. The Morgan fingerprint density at radius 3 is 2.80 bits per heavy atom. The van der Waals surface area contributed by atoms with Gasteiger partial charge in [-0.25, -0.2) is 9.97 Å². The molecular formula is C15H18ClN3O. The number of nitrogens with one attached hydrogen (secondary N) is 1. The molecule has 2 aromatic rings. The van der Waals surface area contributed by atoms with E-state index in [0.29, 0.717) is 0 Å². The maximum atomic E-state index is 5.84. The molecule has 0 saturated carbocycles. The molecule has 1 aromatic carbocycles. The number of halogens is 1. The van der Waals surface area contributed by atoms with Crippen LogP contribution in [0, 0.1) is 0 Å². The number of benzene rings is 1. The summed E-state index contributed by atoms with van der Waals surface area (Å²) in [6.07, 6.45) is 6.35. The highest BCUT2D eigenvalue weighted by molar-refractivity contribution is 5.85. The fourth-order valence-electron chi connectivity index (χ4n) is 2.51. The maximum absolute atomic E-state index is 5.84. The lowest BCUT2D eigenvalue weighted by Gasteiger charge is -2.26. The second-order valence-electron chi connectivity index (χ2n) is 4.71. The zero-order valence-corrected chi connectivity index (χ0v) is 12.2. The number of aromatic nitrogens is 2. The molecule has 1 atom stereocenters. The number of likely N-dealkylation sites (N-methyl/N-ethyl adjacent to an activating group) is 1. The first kappa shape index (κ1) is 14.9. The monoisotopic (exact) mass is 291 g/mol. The van der Waals surface area contributed by atoms with Crippen LogP contribution in [0.1, 0.15) is 17.2 Å².